The zero-order chi connectivity index (χ0) is 6.85. The molecule has 0 saturated heterocycles. The molecule has 0 heterocycles. The van der Waals surface area contributed by atoms with E-state index in [0.717, 1.165) is 12.2 Å². The zero-order valence-electron chi connectivity index (χ0n) is 4.29. The second kappa shape index (κ2) is 3.39. The average molecular weight is 363 g/mol. The van der Waals surface area contributed by atoms with Crippen molar-refractivity contribution in [3.8, 4) is 0 Å². The molecule has 1 aromatic carbocycles. The Labute approximate surface area is 86.3 Å². The molecular weight excluding hydrogens is 361 g/mol. The Balaban J connectivity index is 3.25. The van der Waals surface area contributed by atoms with E-state index in [9.17, 15) is 0 Å². The highest BCUT2D eigenvalue weighted by molar-refractivity contribution is 14.1. The van der Waals surface area contributed by atoms with Gasteiger partial charge in [-0.05, 0) is 63.4 Å². The third-order valence-corrected chi connectivity index (χ3v) is 3.59. The maximum atomic E-state index is 5.84. The van der Waals surface area contributed by atoms with Crippen LogP contribution in [0.3, 0.4) is 0 Å². The highest BCUT2D eigenvalue weighted by Gasteiger charge is 1.97. The van der Waals surface area contributed by atoms with Gasteiger partial charge in [0.25, 0.3) is 0 Å². The Morgan fingerprint density at radius 2 is 1.67 bits per heavy atom. The molecule has 9 heavy (non-hydrogen) atoms. The van der Waals surface area contributed by atoms with Crippen molar-refractivity contribution in [2.45, 2.75) is 0 Å². The molecule has 47 valence electrons. The summed E-state index contributed by atoms with van der Waals surface area (Å²) >= 11 is 10.2. The number of hydrogen-bond donors (Lipinski definition) is 0. The van der Waals surface area contributed by atoms with Gasteiger partial charge in [-0.3, -0.25) is 0 Å². The van der Waals surface area contributed by atoms with E-state index in [1.807, 2.05) is 12.1 Å². The molecule has 0 N–H and O–H groups in total. The normalized spacial score (nSPS) is 9.67. The summed E-state index contributed by atoms with van der Waals surface area (Å²) < 4.78 is 2.11. The van der Waals surface area contributed by atoms with Gasteiger partial charge in [0.15, 0.2) is 0 Å². The highest BCUT2D eigenvalue weighted by atomic mass is 127. The van der Waals surface area contributed by atoms with E-state index in [1.54, 1.807) is 0 Å². The lowest BCUT2D eigenvalue weighted by atomic mass is 10.4. The Hall–Kier alpha value is 0.970. The van der Waals surface area contributed by atoms with Crippen LogP contribution in [-0.2, 0) is 0 Å². The maximum Gasteiger partial charge on any atom is 0.0673 e. The first kappa shape index (κ1) is 8.07. The van der Waals surface area contributed by atoms with Gasteiger partial charge in [0.2, 0.25) is 0 Å². The summed E-state index contributed by atoms with van der Waals surface area (Å²) in [4.78, 5) is 0. The van der Waals surface area contributed by atoms with E-state index >= 15 is 0 Å². The second-order valence-corrected chi connectivity index (χ2v) is 4.17. The molecule has 1 rings (SSSR count). The smallest absolute Gasteiger partial charge is 0.0673 e. The molecule has 1 aromatic rings. The van der Waals surface area contributed by atoms with Gasteiger partial charge in [-0.1, -0.05) is 11.6 Å². The van der Waals surface area contributed by atoms with Crippen LogP contribution in [0.2, 0.25) is 5.02 Å². The van der Waals surface area contributed by atoms with Crippen molar-refractivity contribution in [2.24, 2.45) is 0 Å². The minimum Gasteiger partial charge on any atom is -0.0820 e. The molecule has 0 nitrogen and oxygen atoms in total. The summed E-state index contributed by atoms with van der Waals surface area (Å²) in [6.07, 6.45) is 0. The average Bonchev–Trinajstić information content (AvgIpc) is 1.83. The molecule has 0 fully saturated rings. The topological polar surface area (TPSA) is 0 Å². The van der Waals surface area contributed by atoms with Crippen molar-refractivity contribution >= 4 is 56.8 Å². The van der Waals surface area contributed by atoms with E-state index in [-0.39, 0.29) is 0 Å². The Kier molecular flexibility index (Phi) is 3.04. The number of benzene rings is 1. The van der Waals surface area contributed by atoms with Gasteiger partial charge >= 0.3 is 0 Å². The molecule has 0 unspecified atom stereocenters. The summed E-state index contributed by atoms with van der Waals surface area (Å²) in [6.45, 7) is 0. The van der Waals surface area contributed by atoms with Crippen LogP contribution in [0, 0.1) is 13.2 Å². The first-order valence-corrected chi connectivity index (χ1v) is 4.76. The molecular formula is C6H2ClI2. The van der Waals surface area contributed by atoms with E-state index in [0.29, 0.717) is 0 Å². The van der Waals surface area contributed by atoms with Crippen LogP contribution in [0.1, 0.15) is 0 Å². The third-order valence-electron chi connectivity index (χ3n) is 0.839. The Morgan fingerprint density at radius 1 is 1.22 bits per heavy atom. The first-order valence-electron chi connectivity index (χ1n) is 2.22. The maximum absolute atomic E-state index is 5.84. The largest absolute Gasteiger partial charge is 0.0820 e. The molecule has 0 aromatic heterocycles. The van der Waals surface area contributed by atoms with Gasteiger partial charge in [0, 0.05) is 7.14 Å². The molecule has 1 radical (unpaired) electrons. The molecule has 0 aliphatic rings. The molecule has 3 heteroatoms. The van der Waals surface area contributed by atoms with Crippen LogP contribution in [0.5, 0.6) is 0 Å². The first-order chi connectivity index (χ1) is 4.22. The van der Waals surface area contributed by atoms with Crippen molar-refractivity contribution in [3.63, 3.8) is 0 Å². The van der Waals surface area contributed by atoms with Crippen LogP contribution in [0.4, 0.5) is 0 Å². The summed E-state index contributed by atoms with van der Waals surface area (Å²) in [5, 5.41) is 0.829. The fourth-order valence-electron chi connectivity index (χ4n) is 0.429. The van der Waals surface area contributed by atoms with Crippen LogP contribution in [0.25, 0.3) is 0 Å². The zero-order valence-corrected chi connectivity index (χ0v) is 9.36. The summed E-state index contributed by atoms with van der Waals surface area (Å²) in [6, 6.07) is 6.70. The summed E-state index contributed by atoms with van der Waals surface area (Å²) in [5.41, 5.74) is 0. The molecule has 0 amide bonds. The molecule has 0 aliphatic carbocycles. The molecule has 0 bridgehead atoms. The van der Waals surface area contributed by atoms with E-state index in [4.69, 9.17) is 11.6 Å². The summed E-state index contributed by atoms with van der Waals surface area (Å²) in [7, 11) is 0. The lowest BCUT2D eigenvalue weighted by Gasteiger charge is -1.94. The van der Waals surface area contributed by atoms with Gasteiger partial charge in [-0.15, -0.1) is 0 Å². The lowest BCUT2D eigenvalue weighted by Crippen LogP contribution is -1.76. The van der Waals surface area contributed by atoms with Gasteiger partial charge < -0.3 is 0 Å². The van der Waals surface area contributed by atoms with Gasteiger partial charge in [-0.2, -0.15) is 0 Å². The van der Waals surface area contributed by atoms with Crippen molar-refractivity contribution in [1.29, 1.82) is 0 Å². The molecule has 0 atom stereocenters. The van der Waals surface area contributed by atoms with E-state index in [2.05, 4.69) is 51.2 Å². The van der Waals surface area contributed by atoms with Gasteiger partial charge in [-0.25, -0.2) is 0 Å². The lowest BCUT2D eigenvalue weighted by molar-refractivity contribution is 1.58. The predicted molar refractivity (Wildman–Crippen MR) is 55.7 cm³/mol. The Morgan fingerprint density at radius 3 is 2.00 bits per heavy atom. The Bertz CT molecular complexity index is 202. The molecule has 0 spiro atoms. The number of rotatable bonds is 0. The number of halogens is 3. The third kappa shape index (κ3) is 1.94. The van der Waals surface area contributed by atoms with Gasteiger partial charge in [0.1, 0.15) is 0 Å². The van der Waals surface area contributed by atoms with Gasteiger partial charge in [0.05, 0.1) is 5.02 Å². The summed E-state index contributed by atoms with van der Waals surface area (Å²) in [5.74, 6) is 0. The second-order valence-electron chi connectivity index (χ2n) is 1.47. The number of hydrogen-bond acceptors (Lipinski definition) is 0. The quantitative estimate of drug-likeness (QED) is 0.490. The standard InChI is InChI=1S/C6H2ClI2/c7-6-4(8)2-1-3-5(6)9/h2-3H. The van der Waals surface area contributed by atoms with Crippen molar-refractivity contribution < 1.29 is 0 Å². The van der Waals surface area contributed by atoms with E-state index in [1.165, 1.54) is 0 Å². The predicted octanol–water partition coefficient (Wildman–Crippen LogP) is 3.35. The van der Waals surface area contributed by atoms with Crippen LogP contribution < -0.4 is 0 Å². The SMILES string of the molecule is Clc1c(I)c[c]cc1I. The molecule has 0 saturated carbocycles. The molecule has 0 aliphatic heterocycles. The van der Waals surface area contributed by atoms with Crippen molar-refractivity contribution in [2.75, 3.05) is 0 Å². The van der Waals surface area contributed by atoms with Crippen molar-refractivity contribution in [3.05, 3.63) is 30.4 Å². The van der Waals surface area contributed by atoms with Crippen molar-refractivity contribution in [1.82, 2.24) is 0 Å². The monoisotopic (exact) mass is 363 g/mol. The van der Waals surface area contributed by atoms with Crippen LogP contribution >= 0.6 is 56.8 Å². The van der Waals surface area contributed by atoms with Crippen LogP contribution in [-0.4, -0.2) is 0 Å². The minimum absolute atomic E-state index is 0.829. The minimum atomic E-state index is 0.829. The van der Waals surface area contributed by atoms with E-state index < -0.39 is 0 Å². The fourth-order valence-corrected chi connectivity index (χ4v) is 1.99. The van der Waals surface area contributed by atoms with Crippen LogP contribution in [0.15, 0.2) is 12.1 Å². The highest BCUT2D eigenvalue weighted by Crippen LogP contribution is 2.23. The fraction of sp³-hybridized carbons (Fsp3) is 0.